The number of nitrogens with zero attached hydrogens (tertiary/aromatic N) is 2. The molecule has 2 N–H and O–H groups in total. The molecule has 0 aliphatic carbocycles. The molecule has 0 bridgehead atoms. The van der Waals surface area contributed by atoms with Gasteiger partial charge in [0.2, 0.25) is 0 Å². The summed E-state index contributed by atoms with van der Waals surface area (Å²) in [4.78, 5) is 30.0. The van der Waals surface area contributed by atoms with E-state index in [1.165, 1.54) is 0 Å². The first-order chi connectivity index (χ1) is 13.1. The van der Waals surface area contributed by atoms with Gasteiger partial charge in [0.25, 0.3) is 11.8 Å². The third kappa shape index (κ3) is 3.89. The van der Waals surface area contributed by atoms with Crippen molar-refractivity contribution < 1.29 is 9.59 Å². The number of aryl methyl sites for hydroxylation is 2. The van der Waals surface area contributed by atoms with E-state index in [0.29, 0.717) is 18.1 Å². The number of rotatable bonds is 6. The molecular formula is C21H28N4O2. The highest BCUT2D eigenvalue weighted by Crippen LogP contribution is 2.24. The van der Waals surface area contributed by atoms with Gasteiger partial charge in [-0.15, -0.1) is 0 Å². The van der Waals surface area contributed by atoms with Gasteiger partial charge in [-0.3, -0.25) is 9.59 Å². The summed E-state index contributed by atoms with van der Waals surface area (Å²) in [5.74, 6) is -0.111. The molecule has 0 radical (unpaired) electrons. The molecule has 6 nitrogen and oxygen atoms in total. The number of imidazole rings is 1. The molecule has 0 spiro atoms. The van der Waals surface area contributed by atoms with Crippen LogP contribution in [0.1, 0.15) is 71.0 Å². The molecule has 144 valence electrons. The fraction of sp³-hybridized carbons (Fsp3) is 0.476. The predicted octanol–water partition coefficient (Wildman–Crippen LogP) is 3.48. The molecule has 0 saturated heterocycles. The summed E-state index contributed by atoms with van der Waals surface area (Å²) in [5.41, 5.74) is 4.23. The molecule has 1 aliphatic heterocycles. The van der Waals surface area contributed by atoms with Crippen molar-refractivity contribution in [1.29, 1.82) is 0 Å². The van der Waals surface area contributed by atoms with E-state index in [2.05, 4.69) is 22.5 Å². The summed E-state index contributed by atoms with van der Waals surface area (Å²) >= 11 is 0. The Hall–Kier alpha value is -2.63. The van der Waals surface area contributed by atoms with Crippen LogP contribution < -0.4 is 10.6 Å². The van der Waals surface area contributed by atoms with Gasteiger partial charge in [0.05, 0.1) is 5.69 Å². The second-order valence-corrected chi connectivity index (χ2v) is 7.01. The van der Waals surface area contributed by atoms with Crippen LogP contribution in [0.3, 0.4) is 0 Å². The van der Waals surface area contributed by atoms with Crippen molar-refractivity contribution >= 4 is 17.5 Å². The van der Waals surface area contributed by atoms with Gasteiger partial charge in [-0.2, -0.15) is 0 Å². The van der Waals surface area contributed by atoms with Gasteiger partial charge >= 0.3 is 0 Å². The lowest BCUT2D eigenvalue weighted by Crippen LogP contribution is -2.26. The molecular weight excluding hydrogens is 340 g/mol. The van der Waals surface area contributed by atoms with E-state index in [1.807, 2.05) is 36.6 Å². The van der Waals surface area contributed by atoms with Crippen molar-refractivity contribution in [2.75, 3.05) is 11.9 Å². The molecule has 2 amide bonds. The minimum atomic E-state index is -0.253. The molecule has 27 heavy (non-hydrogen) atoms. The quantitative estimate of drug-likeness (QED) is 0.819. The molecule has 0 fully saturated rings. The third-order valence-corrected chi connectivity index (χ3v) is 5.05. The molecule has 0 unspecified atom stereocenters. The summed E-state index contributed by atoms with van der Waals surface area (Å²) in [5, 5.41) is 5.92. The Balaban J connectivity index is 1.93. The van der Waals surface area contributed by atoms with Crippen LogP contribution >= 0.6 is 0 Å². The number of nitrogens with one attached hydrogen (secondary N) is 2. The number of amides is 2. The summed E-state index contributed by atoms with van der Waals surface area (Å²) in [6, 6.07) is 6.00. The van der Waals surface area contributed by atoms with Gasteiger partial charge in [-0.05, 0) is 50.2 Å². The first-order valence-electron chi connectivity index (χ1n) is 9.84. The smallest absolute Gasteiger partial charge is 0.291 e. The Morgan fingerprint density at radius 3 is 2.74 bits per heavy atom. The zero-order valence-corrected chi connectivity index (χ0v) is 16.4. The molecule has 1 aromatic heterocycles. The van der Waals surface area contributed by atoms with Crippen LogP contribution in [0.15, 0.2) is 18.2 Å². The molecule has 0 atom stereocenters. The van der Waals surface area contributed by atoms with E-state index in [1.54, 1.807) is 0 Å². The highest BCUT2D eigenvalue weighted by molar-refractivity contribution is 6.04. The first kappa shape index (κ1) is 19.1. The van der Waals surface area contributed by atoms with Crippen LogP contribution in [0.25, 0.3) is 0 Å². The van der Waals surface area contributed by atoms with Gasteiger partial charge in [0.15, 0.2) is 5.82 Å². The average Bonchev–Trinajstić information content (AvgIpc) is 3.07. The fourth-order valence-electron chi connectivity index (χ4n) is 3.59. The third-order valence-electron chi connectivity index (χ3n) is 5.05. The van der Waals surface area contributed by atoms with Crippen LogP contribution in [0.5, 0.6) is 0 Å². The standard InChI is InChI=1S/C21H28N4O2/c1-4-12-22-20(26)18-16-11-6-7-13-25(16)19(23-18)21(27)24-17-14(3)9-8-10-15(17)5-2/h8-10H,4-7,11-13H2,1-3H3,(H,22,26)(H,24,27). The Labute approximate surface area is 160 Å². The minimum absolute atomic E-state index is 0.188. The number of aromatic nitrogens is 2. The molecule has 2 aromatic rings. The maximum absolute atomic E-state index is 13.0. The maximum Gasteiger partial charge on any atom is 0.291 e. The number of carbonyl (C=O) groups is 2. The Morgan fingerprint density at radius 1 is 1.19 bits per heavy atom. The second-order valence-electron chi connectivity index (χ2n) is 7.01. The molecule has 0 saturated carbocycles. The van der Waals surface area contributed by atoms with Crippen molar-refractivity contribution in [3.05, 3.63) is 46.5 Å². The first-order valence-corrected chi connectivity index (χ1v) is 9.84. The van der Waals surface area contributed by atoms with Crippen LogP contribution in [0, 0.1) is 6.92 Å². The monoisotopic (exact) mass is 368 g/mol. The van der Waals surface area contributed by atoms with E-state index < -0.39 is 0 Å². The number of anilines is 1. The number of carbonyl (C=O) groups excluding carboxylic acids is 2. The van der Waals surface area contributed by atoms with Crippen LogP contribution in [-0.4, -0.2) is 27.9 Å². The van der Waals surface area contributed by atoms with Crippen molar-refractivity contribution in [1.82, 2.24) is 14.9 Å². The summed E-state index contributed by atoms with van der Waals surface area (Å²) in [6.07, 6.45) is 4.48. The summed E-state index contributed by atoms with van der Waals surface area (Å²) < 4.78 is 1.92. The van der Waals surface area contributed by atoms with E-state index >= 15 is 0 Å². The van der Waals surface area contributed by atoms with E-state index in [9.17, 15) is 9.59 Å². The average molecular weight is 368 g/mol. The van der Waals surface area contributed by atoms with E-state index in [-0.39, 0.29) is 11.8 Å². The van der Waals surface area contributed by atoms with Crippen molar-refractivity contribution in [2.24, 2.45) is 0 Å². The Morgan fingerprint density at radius 2 is 2.00 bits per heavy atom. The van der Waals surface area contributed by atoms with Crippen LogP contribution in [0.4, 0.5) is 5.69 Å². The van der Waals surface area contributed by atoms with Gasteiger partial charge in [-0.25, -0.2) is 4.98 Å². The maximum atomic E-state index is 13.0. The highest BCUT2D eigenvalue weighted by Gasteiger charge is 2.27. The van der Waals surface area contributed by atoms with Crippen molar-refractivity contribution in [3.8, 4) is 0 Å². The lowest BCUT2D eigenvalue weighted by atomic mass is 10.1. The van der Waals surface area contributed by atoms with Gasteiger partial charge < -0.3 is 15.2 Å². The normalized spacial score (nSPS) is 13.1. The summed E-state index contributed by atoms with van der Waals surface area (Å²) in [7, 11) is 0. The molecule has 1 aromatic carbocycles. The fourth-order valence-corrected chi connectivity index (χ4v) is 3.59. The topological polar surface area (TPSA) is 76.0 Å². The SMILES string of the molecule is CCCNC(=O)c1nc(C(=O)Nc2c(C)cccc2CC)n2c1CCCC2. The zero-order valence-electron chi connectivity index (χ0n) is 16.4. The van der Waals surface area contributed by atoms with Crippen LogP contribution in [-0.2, 0) is 19.4 Å². The van der Waals surface area contributed by atoms with Crippen LogP contribution in [0.2, 0.25) is 0 Å². The number of fused-ring (bicyclic) bond motifs is 1. The van der Waals surface area contributed by atoms with E-state index in [4.69, 9.17) is 0 Å². The lowest BCUT2D eigenvalue weighted by Gasteiger charge is -2.18. The second kappa shape index (κ2) is 8.37. The van der Waals surface area contributed by atoms with Crippen molar-refractivity contribution in [2.45, 2.75) is 59.4 Å². The number of hydrogen-bond acceptors (Lipinski definition) is 3. The number of benzene rings is 1. The molecule has 2 heterocycles. The highest BCUT2D eigenvalue weighted by atomic mass is 16.2. The van der Waals surface area contributed by atoms with Gasteiger partial charge in [0, 0.05) is 18.8 Å². The Kier molecular flexibility index (Phi) is 5.94. The van der Waals surface area contributed by atoms with E-state index in [0.717, 1.165) is 61.2 Å². The number of para-hydroxylation sites is 1. The summed E-state index contributed by atoms with van der Waals surface area (Å²) in [6.45, 7) is 7.39. The number of hydrogen-bond donors (Lipinski definition) is 2. The lowest BCUT2D eigenvalue weighted by molar-refractivity contribution is 0.0947. The van der Waals surface area contributed by atoms with Crippen molar-refractivity contribution in [3.63, 3.8) is 0 Å². The largest absolute Gasteiger partial charge is 0.351 e. The molecule has 6 heteroatoms. The Bertz CT molecular complexity index is 854. The molecule has 3 rings (SSSR count). The van der Waals surface area contributed by atoms with Gasteiger partial charge in [0.1, 0.15) is 5.69 Å². The predicted molar refractivity (Wildman–Crippen MR) is 106 cm³/mol. The van der Waals surface area contributed by atoms with Gasteiger partial charge in [-0.1, -0.05) is 32.0 Å². The zero-order chi connectivity index (χ0) is 19.4. The molecule has 1 aliphatic rings. The minimum Gasteiger partial charge on any atom is -0.351 e.